The molecule has 0 aliphatic carbocycles. The number of aromatic nitrogens is 4. The van der Waals surface area contributed by atoms with Crippen molar-refractivity contribution in [2.45, 2.75) is 6.92 Å². The lowest BCUT2D eigenvalue weighted by Crippen LogP contribution is -1.97. The second kappa shape index (κ2) is 4.01. The molecule has 0 aliphatic heterocycles. The van der Waals surface area contributed by atoms with E-state index in [0.29, 0.717) is 22.7 Å². The molecule has 6 heteroatoms. The highest BCUT2D eigenvalue weighted by atomic mass is 19.1. The lowest BCUT2D eigenvalue weighted by Gasteiger charge is -1.94. The van der Waals surface area contributed by atoms with Crippen molar-refractivity contribution < 1.29 is 9.18 Å². The van der Waals surface area contributed by atoms with Crippen LogP contribution in [-0.2, 0) is 7.05 Å². The molecule has 0 atom stereocenters. The van der Waals surface area contributed by atoms with E-state index in [1.807, 2.05) is 0 Å². The first-order valence-corrected chi connectivity index (χ1v) is 5.74. The topological polar surface area (TPSA) is 52.2 Å². The van der Waals surface area contributed by atoms with E-state index in [4.69, 9.17) is 0 Å². The molecule has 3 aromatic heterocycles. The van der Waals surface area contributed by atoms with Gasteiger partial charge >= 0.3 is 0 Å². The quantitative estimate of drug-likeness (QED) is 0.661. The number of ketones is 1. The molecule has 96 valence electrons. The molecule has 0 N–H and O–H groups in total. The van der Waals surface area contributed by atoms with Crippen molar-refractivity contribution in [1.29, 1.82) is 0 Å². The van der Waals surface area contributed by atoms with Gasteiger partial charge in [-0.1, -0.05) is 0 Å². The van der Waals surface area contributed by atoms with E-state index in [1.165, 1.54) is 19.1 Å². The summed E-state index contributed by atoms with van der Waals surface area (Å²) in [5.41, 5.74) is 2.27. The van der Waals surface area contributed by atoms with E-state index in [2.05, 4.69) is 10.1 Å². The summed E-state index contributed by atoms with van der Waals surface area (Å²) in [4.78, 5) is 15.6. The number of nitrogens with zero attached hydrogens (tertiary/aromatic N) is 4. The Morgan fingerprint density at radius 1 is 1.37 bits per heavy atom. The molecular formula is C13H11FN4O. The summed E-state index contributed by atoms with van der Waals surface area (Å²) in [6.45, 7) is 1.46. The van der Waals surface area contributed by atoms with Crippen LogP contribution in [-0.4, -0.2) is 24.9 Å². The fraction of sp³-hybridized carbons (Fsp3) is 0.154. The van der Waals surface area contributed by atoms with Gasteiger partial charge in [0.05, 0.1) is 5.69 Å². The predicted molar refractivity (Wildman–Crippen MR) is 67.4 cm³/mol. The second-order valence-electron chi connectivity index (χ2n) is 4.33. The van der Waals surface area contributed by atoms with Crippen molar-refractivity contribution in [3.05, 3.63) is 42.1 Å². The van der Waals surface area contributed by atoms with Crippen molar-refractivity contribution in [3.8, 4) is 11.4 Å². The van der Waals surface area contributed by atoms with E-state index in [-0.39, 0.29) is 11.6 Å². The minimum atomic E-state index is -0.334. The van der Waals surface area contributed by atoms with Crippen LogP contribution >= 0.6 is 0 Å². The second-order valence-corrected chi connectivity index (χ2v) is 4.33. The van der Waals surface area contributed by atoms with Crippen molar-refractivity contribution in [2.24, 2.45) is 7.05 Å². The van der Waals surface area contributed by atoms with Crippen LogP contribution in [0.4, 0.5) is 4.39 Å². The van der Waals surface area contributed by atoms with Crippen LogP contribution in [0.25, 0.3) is 17.0 Å². The van der Waals surface area contributed by atoms with Gasteiger partial charge in [-0.25, -0.2) is 9.37 Å². The van der Waals surface area contributed by atoms with Crippen LogP contribution in [0, 0.1) is 5.82 Å². The number of pyridine rings is 1. The van der Waals surface area contributed by atoms with E-state index in [9.17, 15) is 9.18 Å². The van der Waals surface area contributed by atoms with Gasteiger partial charge in [-0.3, -0.25) is 9.48 Å². The molecule has 0 bridgehead atoms. The zero-order valence-corrected chi connectivity index (χ0v) is 10.5. The minimum absolute atomic E-state index is 0.100. The summed E-state index contributed by atoms with van der Waals surface area (Å²) < 4.78 is 16.4. The number of aryl methyl sites for hydroxylation is 1. The average molecular weight is 258 g/mol. The number of halogens is 1. The predicted octanol–water partition coefficient (Wildman–Crippen LogP) is 2.08. The van der Waals surface area contributed by atoms with Crippen LogP contribution < -0.4 is 0 Å². The molecular weight excluding hydrogens is 247 g/mol. The van der Waals surface area contributed by atoms with Gasteiger partial charge < -0.3 is 4.40 Å². The Hall–Kier alpha value is -2.50. The van der Waals surface area contributed by atoms with Crippen LogP contribution in [0.15, 0.2) is 30.6 Å². The molecule has 19 heavy (non-hydrogen) atoms. The van der Waals surface area contributed by atoms with Crippen molar-refractivity contribution in [3.63, 3.8) is 0 Å². The van der Waals surface area contributed by atoms with Gasteiger partial charge in [-0.05, 0) is 12.1 Å². The average Bonchev–Trinajstić information content (AvgIpc) is 2.91. The van der Waals surface area contributed by atoms with Crippen LogP contribution in [0.1, 0.15) is 17.4 Å². The molecule has 0 amide bonds. The first-order valence-electron chi connectivity index (χ1n) is 5.74. The van der Waals surface area contributed by atoms with Crippen molar-refractivity contribution in [2.75, 3.05) is 0 Å². The van der Waals surface area contributed by atoms with Crippen LogP contribution in [0.5, 0.6) is 0 Å². The fourth-order valence-electron chi connectivity index (χ4n) is 1.96. The molecule has 0 spiro atoms. The first kappa shape index (κ1) is 11.6. The van der Waals surface area contributed by atoms with Gasteiger partial charge in [-0.15, -0.1) is 0 Å². The van der Waals surface area contributed by atoms with Crippen LogP contribution in [0.3, 0.4) is 0 Å². The van der Waals surface area contributed by atoms with Crippen molar-refractivity contribution in [1.82, 2.24) is 19.2 Å². The highest BCUT2D eigenvalue weighted by molar-refractivity contribution is 5.93. The zero-order valence-electron chi connectivity index (χ0n) is 10.5. The molecule has 3 aromatic rings. The molecule has 0 radical (unpaired) electrons. The third kappa shape index (κ3) is 1.91. The Bertz CT molecular complexity index is 787. The summed E-state index contributed by atoms with van der Waals surface area (Å²) in [6.07, 6.45) is 3.37. The van der Waals surface area contributed by atoms with Gasteiger partial charge in [-0.2, -0.15) is 5.10 Å². The zero-order chi connectivity index (χ0) is 13.6. The normalized spacial score (nSPS) is 11.1. The Balaban J connectivity index is 2.16. The van der Waals surface area contributed by atoms with Crippen molar-refractivity contribution >= 4 is 11.4 Å². The number of rotatable bonds is 2. The van der Waals surface area contributed by atoms with Gasteiger partial charge in [0.1, 0.15) is 22.9 Å². The third-order valence-corrected chi connectivity index (χ3v) is 2.93. The molecule has 0 aliphatic rings. The maximum atomic E-state index is 13.1. The highest BCUT2D eigenvalue weighted by Gasteiger charge is 2.13. The Kier molecular flexibility index (Phi) is 2.45. The third-order valence-electron chi connectivity index (χ3n) is 2.93. The first-order chi connectivity index (χ1) is 9.04. The summed E-state index contributed by atoms with van der Waals surface area (Å²) in [5, 5.41) is 4.12. The summed E-state index contributed by atoms with van der Waals surface area (Å²) in [6, 6.07) is 4.40. The van der Waals surface area contributed by atoms with E-state index in [1.54, 1.807) is 34.6 Å². The number of Topliss-reactive ketones (excluding diaryl/α,β-unsaturated/α-hetero) is 1. The van der Waals surface area contributed by atoms with Gasteiger partial charge in [0.15, 0.2) is 5.78 Å². The molecule has 3 heterocycles. The maximum Gasteiger partial charge on any atom is 0.180 e. The molecule has 0 fully saturated rings. The number of hydrogen-bond donors (Lipinski definition) is 0. The molecule has 0 saturated carbocycles. The summed E-state index contributed by atoms with van der Waals surface area (Å²) in [7, 11) is 1.74. The highest BCUT2D eigenvalue weighted by Crippen LogP contribution is 2.20. The maximum absolute atomic E-state index is 13.1. The molecule has 5 nitrogen and oxygen atoms in total. The number of carbonyl (C=O) groups is 1. The largest absolute Gasteiger partial charge is 0.306 e. The minimum Gasteiger partial charge on any atom is -0.306 e. The fourth-order valence-corrected chi connectivity index (χ4v) is 1.96. The summed E-state index contributed by atoms with van der Waals surface area (Å²) in [5.74, 6) is -0.435. The van der Waals surface area contributed by atoms with E-state index in [0.717, 1.165) is 0 Å². The van der Waals surface area contributed by atoms with E-state index < -0.39 is 0 Å². The van der Waals surface area contributed by atoms with Crippen LogP contribution in [0.2, 0.25) is 0 Å². The number of fused-ring (bicyclic) bond motifs is 1. The molecule has 0 aromatic carbocycles. The van der Waals surface area contributed by atoms with Gasteiger partial charge in [0, 0.05) is 32.4 Å². The number of imidazole rings is 1. The Morgan fingerprint density at radius 3 is 2.84 bits per heavy atom. The standard InChI is InChI=1S/C13H11FN4O/c1-8(19)10-6-12(17(2)16-10)11-7-18-4-3-9(14)5-13(18)15-11/h3-7H,1-2H3. The summed E-state index contributed by atoms with van der Waals surface area (Å²) >= 11 is 0. The Morgan fingerprint density at radius 2 is 2.16 bits per heavy atom. The number of carbonyl (C=O) groups excluding carboxylic acids is 1. The van der Waals surface area contributed by atoms with Gasteiger partial charge in [0.2, 0.25) is 0 Å². The lowest BCUT2D eigenvalue weighted by atomic mass is 10.2. The molecule has 3 rings (SSSR count). The van der Waals surface area contributed by atoms with Gasteiger partial charge in [0.25, 0.3) is 0 Å². The smallest absolute Gasteiger partial charge is 0.180 e. The monoisotopic (exact) mass is 258 g/mol. The Labute approximate surface area is 108 Å². The molecule has 0 unspecified atom stereocenters. The SMILES string of the molecule is CC(=O)c1cc(-c2cn3ccc(F)cc3n2)n(C)n1. The van der Waals surface area contributed by atoms with E-state index >= 15 is 0 Å². The lowest BCUT2D eigenvalue weighted by molar-refractivity contribution is 0.101. The number of hydrogen-bond acceptors (Lipinski definition) is 3. The molecule has 0 saturated heterocycles.